The molecular weight excluding hydrogens is 1890 g/mol. The molecule has 11 aromatic rings. The highest BCUT2D eigenvalue weighted by molar-refractivity contribution is 7.17. The van der Waals surface area contributed by atoms with Gasteiger partial charge in [0.05, 0.1) is 74.5 Å². The molecule has 23 rings (SSSR count). The molecule has 16 heterocycles. The van der Waals surface area contributed by atoms with Crippen molar-refractivity contribution < 1.29 is 59.4 Å². The fourth-order valence-corrected chi connectivity index (χ4v) is 24.0. The second kappa shape index (κ2) is 46.4. The summed E-state index contributed by atoms with van der Waals surface area (Å²) < 4.78 is 111. The van der Waals surface area contributed by atoms with Crippen LogP contribution in [-0.2, 0) is 45.4 Å². The Balaban J connectivity index is 0.000000119. The summed E-state index contributed by atoms with van der Waals surface area (Å²) in [6.45, 7) is 16.0. The Labute approximate surface area is 857 Å². The summed E-state index contributed by atoms with van der Waals surface area (Å²) >= 11 is 1.83. The lowest BCUT2D eigenvalue weighted by Gasteiger charge is -2.35. The molecule has 7 aromatic carbocycles. The van der Waals surface area contributed by atoms with Crippen LogP contribution in [0.4, 0.5) is 30.7 Å². The van der Waals surface area contributed by atoms with E-state index in [0.717, 1.165) is 202 Å². The van der Waals surface area contributed by atoms with Crippen LogP contribution in [0.15, 0.2) is 271 Å². The quantitative estimate of drug-likeness (QED) is 0.0548. The number of methoxy groups -OCH3 is 2. The summed E-state index contributed by atoms with van der Waals surface area (Å²) in [5.74, 6) is -1.18. The third-order valence-corrected chi connectivity index (χ3v) is 32.1. The summed E-state index contributed by atoms with van der Waals surface area (Å²) in [5.41, 5.74) is 22.0. The molecule has 4 fully saturated rings. The number of carbonyl (C=O) groups excluding carboxylic acids is 4. The number of hydrogen-bond donors (Lipinski definition) is 0. The maximum Gasteiger partial charge on any atom is 0.223 e. The van der Waals surface area contributed by atoms with Crippen LogP contribution < -0.4 is 9.47 Å². The van der Waals surface area contributed by atoms with E-state index in [4.69, 9.17) is 29.4 Å². The van der Waals surface area contributed by atoms with Gasteiger partial charge in [0.1, 0.15) is 34.9 Å². The van der Waals surface area contributed by atoms with Gasteiger partial charge >= 0.3 is 0 Å². The zero-order valence-corrected chi connectivity index (χ0v) is 84.0. The number of piperidine rings is 3. The minimum atomic E-state index is -0.531. The molecule has 0 N–H and O–H groups in total. The molecule has 147 heavy (non-hydrogen) atoms. The van der Waals surface area contributed by atoms with Crippen molar-refractivity contribution in [3.8, 4) is 22.9 Å². The van der Waals surface area contributed by atoms with Gasteiger partial charge in [-0.25, -0.2) is 35.7 Å². The summed E-state index contributed by atoms with van der Waals surface area (Å²) in [5, 5.41) is 4.75. The number of rotatable bonds is 23. The van der Waals surface area contributed by atoms with Crippen LogP contribution in [0.25, 0.3) is 32.2 Å². The number of likely N-dealkylation sites (tertiary alicyclic amines) is 4. The standard InChI is InChI=1S/C33H32N4OS.C30H30F2N4O.C28H30F3N3O2.C27H30F2N4O2/c38-32(16-23-12-14-36(19-23)20-27-22-39-31-9-5-4-8-28(27)31)37-15-13-25-17-35-33(29(25)21-37)26-10-11-30(34-18-26)24-6-2-1-3-7-24;31-26-6-1-7-27(32)25(26)18-35-12-3-4-20(17-35)14-29(37)36-13-10-23-16-34-30(24(23)19-36)22-8-9-28-21(15-22)5-2-11-33-28;1-36-26-8-7-19(13-25(26)31)28-21-17-34(11-9-20(21)14-32-28)27(35)12-18-4-3-10-33(15-18)16-22-23(29)5-2-6-24(22)30;1-35-25-8-7-20(14-30-25)27-21-17-33(11-9-19(21)13-31-27)26(34)12-18-4-3-10-32(15-18)16-22-23(28)5-2-6-24(22)29/h1-11,18,22-23H,12-17,19-21H2;1-2,5-9,11,15,20H,3-4,10,12-14,16-19H2;2,5-8,13,18H,3-4,9-12,14-17H2,1H3;2,5-8,14,18H,3-4,9-13,15-17H2,1H3/t23-;20-;2*18-/m0000/s1. The molecule has 0 spiro atoms. The number of amides is 4. The summed E-state index contributed by atoms with van der Waals surface area (Å²) in [7, 11) is 3.02. The van der Waals surface area contributed by atoms with Crippen molar-refractivity contribution in [1.82, 2.24) is 54.2 Å². The lowest BCUT2D eigenvalue weighted by molar-refractivity contribution is -0.133. The maximum absolute atomic E-state index is 14.3. The first-order valence-electron chi connectivity index (χ1n) is 51.7. The Kier molecular flexibility index (Phi) is 31.9. The Hall–Kier alpha value is -13.3. The molecule has 0 aliphatic carbocycles. The first-order chi connectivity index (χ1) is 71.7. The van der Waals surface area contributed by atoms with Crippen molar-refractivity contribution in [1.29, 1.82) is 0 Å². The number of ether oxygens (including phenoxy) is 2. The van der Waals surface area contributed by atoms with E-state index in [0.29, 0.717) is 122 Å². The maximum atomic E-state index is 14.3. The zero-order valence-electron chi connectivity index (χ0n) is 83.2. The molecule has 0 saturated carbocycles. The predicted octanol–water partition coefficient (Wildman–Crippen LogP) is 20.1. The lowest BCUT2D eigenvalue weighted by atomic mass is 9.91. The SMILES string of the molecule is COc1ccc(C2=NCC3=C2CN(C(=O)C[C@@H]2CCCN(Cc4c(F)cccc4F)C2)CC3)cc1F.COc1ccc(C2=NCC3=C2CN(C(=O)C[C@@H]2CCCN(Cc4c(F)cccc4F)C2)CC3)cn1.O=C(C[C@@H]1CCCN(Cc2c(F)cccc2F)C1)N1CCC2=C(C1)C(c1ccc3ncccc3c1)=NC2.O=C(C[C@@H]1CCN(Cc2csc3ccccc23)C1)N1CCC2=C(C1)C(c1ccc(-c3ccccc3)nc1)=NC2. The topological polar surface area (TPSA) is 201 Å². The van der Waals surface area contributed by atoms with Gasteiger partial charge in [-0.1, -0.05) is 78.9 Å². The fraction of sp³-hybridized carbons (Fsp3) is 0.381. The van der Waals surface area contributed by atoms with Crippen LogP contribution in [0.3, 0.4) is 0 Å². The molecule has 760 valence electrons. The molecule has 4 aromatic heterocycles. The minimum Gasteiger partial charge on any atom is -0.494 e. The van der Waals surface area contributed by atoms with Gasteiger partial charge in [0.2, 0.25) is 29.5 Å². The van der Waals surface area contributed by atoms with Gasteiger partial charge in [0.25, 0.3) is 0 Å². The summed E-state index contributed by atoms with van der Waals surface area (Å²) in [4.78, 5) is 102. The van der Waals surface area contributed by atoms with Crippen molar-refractivity contribution in [3.63, 3.8) is 0 Å². The number of carbonyl (C=O) groups is 4. The van der Waals surface area contributed by atoms with Gasteiger partial charge < -0.3 is 29.1 Å². The number of benzene rings is 7. The highest BCUT2D eigenvalue weighted by Crippen LogP contribution is 2.39. The van der Waals surface area contributed by atoms with Crippen molar-refractivity contribution >= 4 is 78.8 Å². The van der Waals surface area contributed by atoms with E-state index < -0.39 is 40.7 Å². The highest BCUT2D eigenvalue weighted by atomic mass is 32.1. The molecule has 4 atom stereocenters. The average Bonchev–Trinajstić information content (AvgIpc) is 1.66. The Morgan fingerprint density at radius 2 is 0.769 bits per heavy atom. The number of halogens is 7. The molecule has 4 amide bonds. The smallest absolute Gasteiger partial charge is 0.223 e. The fourth-order valence-electron chi connectivity index (χ4n) is 23.1. The number of hydrogen-bond acceptors (Lipinski definition) is 18. The van der Waals surface area contributed by atoms with Crippen LogP contribution in [0.1, 0.15) is 141 Å². The second-order valence-electron chi connectivity index (χ2n) is 40.7. The molecule has 0 unspecified atom stereocenters. The van der Waals surface area contributed by atoms with Crippen LogP contribution in [0.2, 0.25) is 0 Å². The second-order valence-corrected chi connectivity index (χ2v) is 41.6. The average molecular weight is 2010 g/mol. The molecule has 0 bridgehead atoms. The molecule has 29 heteroatoms. The molecule has 21 nitrogen and oxygen atoms in total. The van der Waals surface area contributed by atoms with E-state index in [-0.39, 0.29) is 83.5 Å². The Bertz CT molecular complexity index is 6960. The number of pyridine rings is 3. The third kappa shape index (κ3) is 23.8. The molecule has 12 aliphatic heterocycles. The van der Waals surface area contributed by atoms with Crippen molar-refractivity contribution in [2.45, 2.75) is 122 Å². The Morgan fingerprint density at radius 1 is 0.361 bits per heavy atom. The number of fused-ring (bicyclic) bond motifs is 2. The third-order valence-electron chi connectivity index (χ3n) is 31.0. The molecule has 0 radical (unpaired) electrons. The van der Waals surface area contributed by atoms with Gasteiger partial charge in [0, 0.05) is 210 Å². The Morgan fingerprint density at radius 3 is 1.20 bits per heavy atom. The molecule has 12 aliphatic rings. The number of nitrogens with zero attached hydrogens (tertiary/aromatic N) is 15. The first-order valence-corrected chi connectivity index (χ1v) is 52.6. The van der Waals surface area contributed by atoms with Crippen molar-refractivity contribution in [3.05, 3.63) is 336 Å². The lowest BCUT2D eigenvalue weighted by Crippen LogP contribution is -2.41. The first kappa shape index (κ1) is 101. The van der Waals surface area contributed by atoms with Crippen LogP contribution >= 0.6 is 11.3 Å². The normalized spacial score (nSPS) is 20.2. The van der Waals surface area contributed by atoms with Gasteiger partial charge in [-0.3, -0.25) is 68.7 Å². The van der Waals surface area contributed by atoms with Crippen molar-refractivity contribution in [2.75, 3.05) is 145 Å². The monoisotopic (exact) mass is 2010 g/mol. The van der Waals surface area contributed by atoms with E-state index in [1.807, 2.05) is 79.6 Å². The largest absolute Gasteiger partial charge is 0.494 e. The number of aromatic nitrogens is 3. The van der Waals surface area contributed by atoms with E-state index in [1.54, 1.807) is 31.6 Å². The van der Waals surface area contributed by atoms with Gasteiger partial charge in [-0.15, -0.1) is 11.3 Å². The number of thiophene rings is 1. The highest BCUT2D eigenvalue weighted by Gasteiger charge is 2.39. The van der Waals surface area contributed by atoms with Crippen molar-refractivity contribution in [2.24, 2.45) is 43.6 Å². The van der Waals surface area contributed by atoms with Gasteiger partial charge in [-0.05, 0) is 278 Å². The van der Waals surface area contributed by atoms with E-state index in [1.165, 1.54) is 117 Å². The predicted molar refractivity (Wildman–Crippen MR) is 560 cm³/mol. The van der Waals surface area contributed by atoms with Gasteiger partial charge in [0.15, 0.2) is 11.6 Å². The van der Waals surface area contributed by atoms with Crippen LogP contribution in [0, 0.1) is 64.4 Å². The van der Waals surface area contributed by atoms with E-state index in [9.17, 15) is 49.9 Å². The van der Waals surface area contributed by atoms with E-state index >= 15 is 0 Å². The minimum absolute atomic E-state index is 0.0811. The van der Waals surface area contributed by atoms with Crippen LogP contribution in [-0.4, -0.2) is 246 Å². The number of aliphatic imine (C=N–C) groups is 4. The van der Waals surface area contributed by atoms with E-state index in [2.05, 4.69) is 107 Å². The zero-order chi connectivity index (χ0) is 101. The molecular formula is C118H122F7N15O6S. The van der Waals surface area contributed by atoms with Gasteiger partial charge in [-0.2, -0.15) is 0 Å². The van der Waals surface area contributed by atoms with Crippen LogP contribution in [0.5, 0.6) is 11.6 Å². The summed E-state index contributed by atoms with van der Waals surface area (Å²) in [6.07, 6.45) is 17.5. The summed E-state index contributed by atoms with van der Waals surface area (Å²) in [6, 6.07) is 53.8. The molecule has 4 saturated heterocycles.